The highest BCUT2D eigenvalue weighted by Gasteiger charge is 2.36. The van der Waals surface area contributed by atoms with E-state index >= 15 is 0 Å². The van der Waals surface area contributed by atoms with Gasteiger partial charge in [0, 0.05) is 50.2 Å². The molecule has 2 fully saturated rings. The summed E-state index contributed by atoms with van der Waals surface area (Å²) in [7, 11) is -3.96. The largest absolute Gasteiger partial charge is 0.417 e. The maximum absolute atomic E-state index is 14.5. The number of pyridine rings is 1. The van der Waals surface area contributed by atoms with Crippen molar-refractivity contribution in [3.63, 3.8) is 0 Å². The van der Waals surface area contributed by atoms with E-state index in [4.69, 9.17) is 0 Å². The zero-order valence-corrected chi connectivity index (χ0v) is 20.5. The fourth-order valence-electron chi connectivity index (χ4n) is 4.68. The van der Waals surface area contributed by atoms with Crippen molar-refractivity contribution < 1.29 is 39.6 Å². The van der Waals surface area contributed by atoms with Crippen molar-refractivity contribution in [3.05, 3.63) is 53.0 Å². The van der Waals surface area contributed by atoms with E-state index in [1.165, 1.54) is 9.80 Å². The molecule has 0 aliphatic carbocycles. The molecule has 0 saturated carbocycles. The van der Waals surface area contributed by atoms with E-state index in [-0.39, 0.29) is 37.1 Å². The fraction of sp³-hybridized carbons (Fsp3) is 0.478. The van der Waals surface area contributed by atoms with Crippen LogP contribution in [0.4, 0.5) is 37.0 Å². The third-order valence-corrected chi connectivity index (χ3v) is 7.67. The topological polar surface area (TPSA) is 73.8 Å². The van der Waals surface area contributed by atoms with Gasteiger partial charge in [0.2, 0.25) is 0 Å². The molecular weight excluding hydrogens is 526 g/mol. The minimum absolute atomic E-state index is 0.154. The Kier molecular flexibility index (Phi) is 7.32. The Morgan fingerprint density at radius 1 is 0.973 bits per heavy atom. The molecule has 0 atom stereocenters. The number of amides is 2. The standard InChI is InChI=1S/C23H24F6N4O3S/c1-37(35,36)20-11-17(24)14(9-18(20)25)13-32-5-2-6-33(22(32)34)16-3-7-31(8-4-16)21-19(26)10-15(12-30-21)23(27,28)29/h9-12,16H,2-8,13H2,1H3. The van der Waals surface area contributed by atoms with E-state index in [0.717, 1.165) is 12.3 Å². The van der Waals surface area contributed by atoms with Crippen molar-refractivity contribution in [1.82, 2.24) is 14.8 Å². The van der Waals surface area contributed by atoms with Gasteiger partial charge in [0.15, 0.2) is 21.5 Å². The van der Waals surface area contributed by atoms with Crippen LogP contribution in [0.5, 0.6) is 0 Å². The van der Waals surface area contributed by atoms with E-state index in [9.17, 15) is 39.6 Å². The molecule has 3 heterocycles. The Hall–Kier alpha value is -3.03. The first kappa shape index (κ1) is 27.0. The van der Waals surface area contributed by atoms with Crippen molar-refractivity contribution in [2.75, 3.05) is 37.3 Å². The number of piperidine rings is 1. The van der Waals surface area contributed by atoms with Crippen LogP contribution in [0.2, 0.25) is 0 Å². The molecule has 0 bridgehead atoms. The summed E-state index contributed by atoms with van der Waals surface area (Å²) in [6.45, 7) is 0.995. The first-order valence-corrected chi connectivity index (χ1v) is 13.4. The van der Waals surface area contributed by atoms with Crippen LogP contribution in [0, 0.1) is 17.5 Å². The van der Waals surface area contributed by atoms with Crippen LogP contribution in [-0.4, -0.2) is 67.7 Å². The molecule has 202 valence electrons. The Balaban J connectivity index is 1.41. The van der Waals surface area contributed by atoms with E-state index < -0.39 is 50.0 Å². The van der Waals surface area contributed by atoms with Crippen LogP contribution >= 0.6 is 0 Å². The number of rotatable bonds is 5. The highest BCUT2D eigenvalue weighted by molar-refractivity contribution is 7.90. The summed E-state index contributed by atoms with van der Waals surface area (Å²) in [4.78, 5) is 20.5. The minimum Gasteiger partial charge on any atom is -0.354 e. The zero-order valence-electron chi connectivity index (χ0n) is 19.7. The number of alkyl halides is 3. The van der Waals surface area contributed by atoms with Crippen LogP contribution < -0.4 is 4.90 Å². The molecule has 14 heteroatoms. The third kappa shape index (κ3) is 5.78. The molecule has 1 aromatic heterocycles. The second-order valence-corrected chi connectivity index (χ2v) is 11.1. The highest BCUT2D eigenvalue weighted by Crippen LogP contribution is 2.32. The van der Waals surface area contributed by atoms with Crippen molar-refractivity contribution in [2.45, 2.75) is 42.9 Å². The fourth-order valence-corrected chi connectivity index (χ4v) is 5.41. The number of carbonyl (C=O) groups excluding carboxylic acids is 1. The molecule has 0 spiro atoms. The second-order valence-electron chi connectivity index (χ2n) is 9.14. The lowest BCUT2D eigenvalue weighted by atomic mass is 10.0. The number of carbonyl (C=O) groups is 1. The summed E-state index contributed by atoms with van der Waals surface area (Å²) in [5.74, 6) is -3.31. The van der Waals surface area contributed by atoms with Gasteiger partial charge in [-0.3, -0.25) is 0 Å². The van der Waals surface area contributed by atoms with Gasteiger partial charge in [-0.1, -0.05) is 0 Å². The predicted molar refractivity (Wildman–Crippen MR) is 121 cm³/mol. The molecule has 1 aromatic carbocycles. The summed E-state index contributed by atoms with van der Waals surface area (Å²) in [6.07, 6.45) is -1.97. The molecule has 0 unspecified atom stereocenters. The van der Waals surface area contributed by atoms with Crippen LogP contribution in [0.25, 0.3) is 0 Å². The summed E-state index contributed by atoms with van der Waals surface area (Å²) in [5.41, 5.74) is -1.33. The number of halogens is 6. The second kappa shape index (κ2) is 10.0. The average molecular weight is 551 g/mol. The van der Waals surface area contributed by atoms with Gasteiger partial charge in [0.1, 0.15) is 16.5 Å². The highest BCUT2D eigenvalue weighted by atomic mass is 32.2. The molecule has 4 rings (SSSR count). The first-order valence-electron chi connectivity index (χ1n) is 11.5. The molecule has 2 amide bonds. The lowest BCUT2D eigenvalue weighted by Gasteiger charge is -2.43. The number of nitrogens with zero attached hydrogens (tertiary/aromatic N) is 4. The van der Waals surface area contributed by atoms with Crippen LogP contribution in [0.3, 0.4) is 0 Å². The van der Waals surface area contributed by atoms with Gasteiger partial charge >= 0.3 is 12.2 Å². The maximum Gasteiger partial charge on any atom is 0.417 e. The molecule has 2 aliphatic rings. The Morgan fingerprint density at radius 3 is 2.24 bits per heavy atom. The van der Waals surface area contributed by atoms with Crippen LogP contribution in [0.15, 0.2) is 29.3 Å². The predicted octanol–water partition coefficient (Wildman–Crippen LogP) is 4.22. The first-order chi connectivity index (χ1) is 17.3. The number of anilines is 1. The average Bonchev–Trinajstić information content (AvgIpc) is 2.81. The zero-order chi connectivity index (χ0) is 27.1. The number of sulfone groups is 1. The smallest absolute Gasteiger partial charge is 0.354 e. The third-order valence-electron chi connectivity index (χ3n) is 6.56. The lowest BCUT2D eigenvalue weighted by molar-refractivity contribution is -0.138. The minimum atomic E-state index is -4.70. The van der Waals surface area contributed by atoms with Gasteiger partial charge in [-0.25, -0.2) is 31.4 Å². The molecule has 0 N–H and O–H groups in total. The number of aromatic nitrogens is 1. The maximum atomic E-state index is 14.5. The van der Waals surface area contributed by atoms with Gasteiger partial charge in [-0.2, -0.15) is 13.2 Å². The van der Waals surface area contributed by atoms with Gasteiger partial charge in [0.05, 0.1) is 12.1 Å². The van der Waals surface area contributed by atoms with Crippen molar-refractivity contribution in [2.24, 2.45) is 0 Å². The van der Waals surface area contributed by atoms with E-state index in [0.29, 0.717) is 50.7 Å². The molecule has 2 aromatic rings. The molecule has 2 aliphatic heterocycles. The lowest BCUT2D eigenvalue weighted by Crippen LogP contribution is -2.55. The van der Waals surface area contributed by atoms with Crippen LogP contribution in [0.1, 0.15) is 30.4 Å². The molecule has 7 nitrogen and oxygen atoms in total. The van der Waals surface area contributed by atoms with Crippen molar-refractivity contribution in [1.29, 1.82) is 0 Å². The number of urea groups is 1. The summed E-state index contributed by atoms with van der Waals surface area (Å²) in [6, 6.07) is 1.16. The SMILES string of the molecule is CS(=O)(=O)c1cc(F)c(CN2CCCN(C3CCN(c4ncc(C(F)(F)F)cc4F)CC3)C2=O)cc1F. The number of benzene rings is 1. The molecule has 2 saturated heterocycles. The van der Waals surface area contributed by atoms with E-state index in [1.54, 1.807) is 4.90 Å². The summed E-state index contributed by atoms with van der Waals surface area (Å²) in [5, 5.41) is 0. The molecular formula is C23H24F6N4O3S. The van der Waals surface area contributed by atoms with Crippen molar-refractivity contribution >= 4 is 21.7 Å². The normalized spacial score (nSPS) is 18.0. The van der Waals surface area contributed by atoms with E-state index in [1.807, 2.05) is 0 Å². The van der Waals surface area contributed by atoms with Crippen molar-refractivity contribution in [3.8, 4) is 0 Å². The van der Waals surface area contributed by atoms with Gasteiger partial charge in [0.25, 0.3) is 0 Å². The Morgan fingerprint density at radius 2 is 1.65 bits per heavy atom. The Bertz CT molecular complexity index is 1300. The monoisotopic (exact) mass is 550 g/mol. The Labute approximate surface area is 209 Å². The summed E-state index contributed by atoms with van der Waals surface area (Å²) < 4.78 is 105. The number of hydrogen-bond donors (Lipinski definition) is 0. The molecule has 37 heavy (non-hydrogen) atoms. The number of hydrogen-bond acceptors (Lipinski definition) is 5. The van der Waals surface area contributed by atoms with Gasteiger partial charge < -0.3 is 14.7 Å². The van der Waals surface area contributed by atoms with Gasteiger partial charge in [-0.15, -0.1) is 0 Å². The summed E-state index contributed by atoms with van der Waals surface area (Å²) >= 11 is 0. The quantitative estimate of drug-likeness (QED) is 0.522. The van der Waals surface area contributed by atoms with E-state index in [2.05, 4.69) is 4.98 Å². The van der Waals surface area contributed by atoms with Gasteiger partial charge in [-0.05, 0) is 37.5 Å². The van der Waals surface area contributed by atoms with Crippen LogP contribution in [-0.2, 0) is 22.6 Å². The molecule has 0 radical (unpaired) electrons.